The molecule has 0 radical (unpaired) electrons. The summed E-state index contributed by atoms with van der Waals surface area (Å²) in [5, 5.41) is -0.0175. The molecule has 1 heterocycles. The molecule has 0 bridgehead atoms. The average Bonchev–Trinajstić information content (AvgIpc) is 3.03. The zero-order valence-electron chi connectivity index (χ0n) is 16.3. The molecule has 27 heavy (non-hydrogen) atoms. The van der Waals surface area contributed by atoms with Crippen LogP contribution in [0.5, 0.6) is 11.5 Å². The lowest BCUT2D eigenvalue weighted by molar-refractivity contribution is -0.128. The summed E-state index contributed by atoms with van der Waals surface area (Å²) in [5.41, 5.74) is 3.33. The van der Waals surface area contributed by atoms with Gasteiger partial charge in [0.2, 0.25) is 5.91 Å². The van der Waals surface area contributed by atoms with Crippen LogP contribution in [0, 0.1) is 0 Å². The number of methoxy groups -OCH3 is 1. The molecule has 0 N–H and O–H groups in total. The molecule has 0 aliphatic carbocycles. The van der Waals surface area contributed by atoms with Crippen molar-refractivity contribution in [2.75, 3.05) is 38.5 Å². The topological polar surface area (TPSA) is 42.0 Å². The third kappa shape index (κ3) is 4.33. The smallest absolute Gasteiger partial charge is 0.234 e. The molecule has 0 aromatic heterocycles. The van der Waals surface area contributed by atoms with E-state index >= 15 is 0 Å². The van der Waals surface area contributed by atoms with Crippen molar-refractivity contribution in [1.82, 2.24) is 4.90 Å². The van der Waals surface area contributed by atoms with Gasteiger partial charge in [-0.2, -0.15) is 0 Å². The summed E-state index contributed by atoms with van der Waals surface area (Å²) >= 11 is 1.65. The molecule has 5 nitrogen and oxygen atoms in total. The maximum Gasteiger partial charge on any atom is 0.234 e. The first-order valence-corrected chi connectivity index (χ1v) is 10.1. The Morgan fingerprint density at radius 2 is 1.89 bits per heavy atom. The van der Waals surface area contributed by atoms with Crippen LogP contribution in [0.2, 0.25) is 0 Å². The Morgan fingerprint density at radius 1 is 1.15 bits per heavy atom. The van der Waals surface area contributed by atoms with Gasteiger partial charge in [0, 0.05) is 26.3 Å². The van der Waals surface area contributed by atoms with Crippen LogP contribution in [-0.4, -0.2) is 44.4 Å². The lowest BCUT2D eigenvalue weighted by Crippen LogP contribution is -2.27. The number of hydrogen-bond acceptors (Lipinski definition) is 5. The van der Waals surface area contributed by atoms with Crippen molar-refractivity contribution < 1.29 is 14.3 Å². The molecule has 0 saturated carbocycles. The Kier molecular flexibility index (Phi) is 6.16. The number of rotatable bonds is 7. The fourth-order valence-corrected chi connectivity index (χ4v) is 4.29. The van der Waals surface area contributed by atoms with Crippen molar-refractivity contribution in [3.63, 3.8) is 0 Å². The van der Waals surface area contributed by atoms with Crippen LogP contribution in [0.25, 0.3) is 0 Å². The molecule has 1 amide bonds. The predicted octanol–water partition coefficient (Wildman–Crippen LogP) is 3.93. The fourth-order valence-electron chi connectivity index (χ4n) is 3.11. The first-order chi connectivity index (χ1) is 13.0. The van der Waals surface area contributed by atoms with Gasteiger partial charge >= 0.3 is 0 Å². The van der Waals surface area contributed by atoms with Crippen LogP contribution in [0.15, 0.2) is 42.5 Å². The minimum absolute atomic E-state index is 0.0175. The number of carbonyl (C=O) groups is 1. The van der Waals surface area contributed by atoms with Crippen LogP contribution in [0.1, 0.15) is 23.4 Å². The molecule has 1 aliphatic heterocycles. The molecular formula is C21H26N2O3S. The van der Waals surface area contributed by atoms with E-state index in [1.807, 2.05) is 44.1 Å². The number of anilines is 1. The van der Waals surface area contributed by atoms with E-state index < -0.39 is 0 Å². The number of ether oxygens (including phenoxy) is 2. The Bertz CT molecular complexity index is 793. The molecule has 1 unspecified atom stereocenters. The minimum atomic E-state index is -0.0175. The third-order valence-corrected chi connectivity index (χ3v) is 5.80. The lowest BCUT2D eigenvalue weighted by atomic mass is 10.1. The average molecular weight is 387 g/mol. The first kappa shape index (κ1) is 19.4. The second-order valence-corrected chi connectivity index (χ2v) is 7.66. The van der Waals surface area contributed by atoms with E-state index in [0.717, 1.165) is 16.8 Å². The number of nitrogens with zero attached hydrogens (tertiary/aromatic N) is 2. The molecule has 1 saturated heterocycles. The molecule has 144 valence electrons. The summed E-state index contributed by atoms with van der Waals surface area (Å²) in [5.74, 6) is 2.08. The molecule has 1 atom stereocenters. The molecular weight excluding hydrogens is 360 g/mol. The number of hydrogen-bond donors (Lipinski definition) is 0. The molecule has 0 spiro atoms. The SMILES string of the molecule is CCOc1cc(C2SCC(=O)N2Cc2ccc(N(C)C)cc2)ccc1OC. The van der Waals surface area contributed by atoms with E-state index in [4.69, 9.17) is 9.47 Å². The van der Waals surface area contributed by atoms with Gasteiger partial charge in [-0.05, 0) is 42.3 Å². The highest BCUT2D eigenvalue weighted by atomic mass is 32.2. The van der Waals surface area contributed by atoms with Crippen molar-refractivity contribution in [3.8, 4) is 11.5 Å². The van der Waals surface area contributed by atoms with Gasteiger partial charge in [0.25, 0.3) is 0 Å². The molecule has 2 aromatic carbocycles. The normalized spacial score (nSPS) is 16.5. The van der Waals surface area contributed by atoms with Gasteiger partial charge in [0.15, 0.2) is 11.5 Å². The maximum atomic E-state index is 12.5. The van der Waals surface area contributed by atoms with E-state index in [9.17, 15) is 4.79 Å². The van der Waals surface area contributed by atoms with Gasteiger partial charge in [-0.1, -0.05) is 18.2 Å². The summed E-state index contributed by atoms with van der Waals surface area (Å²) < 4.78 is 11.1. The van der Waals surface area contributed by atoms with Gasteiger partial charge in [0.1, 0.15) is 5.37 Å². The Labute approximate surface area is 165 Å². The predicted molar refractivity (Wildman–Crippen MR) is 111 cm³/mol. The van der Waals surface area contributed by atoms with Crippen LogP contribution >= 0.6 is 11.8 Å². The highest BCUT2D eigenvalue weighted by molar-refractivity contribution is 8.00. The van der Waals surface area contributed by atoms with E-state index in [-0.39, 0.29) is 11.3 Å². The molecule has 2 aromatic rings. The maximum absolute atomic E-state index is 12.5. The highest BCUT2D eigenvalue weighted by Gasteiger charge is 2.33. The van der Waals surface area contributed by atoms with Crippen molar-refractivity contribution >= 4 is 23.4 Å². The Balaban J connectivity index is 1.82. The summed E-state index contributed by atoms with van der Waals surface area (Å²) in [4.78, 5) is 16.5. The molecule has 1 aliphatic rings. The molecule has 1 fully saturated rings. The summed E-state index contributed by atoms with van der Waals surface area (Å²) in [7, 11) is 5.67. The van der Waals surface area contributed by atoms with Gasteiger partial charge in [-0.3, -0.25) is 4.79 Å². The van der Waals surface area contributed by atoms with Crippen molar-refractivity contribution in [2.45, 2.75) is 18.8 Å². The van der Waals surface area contributed by atoms with Crippen molar-refractivity contribution in [1.29, 1.82) is 0 Å². The minimum Gasteiger partial charge on any atom is -0.493 e. The van der Waals surface area contributed by atoms with E-state index in [2.05, 4.69) is 29.2 Å². The Morgan fingerprint density at radius 3 is 2.52 bits per heavy atom. The number of carbonyl (C=O) groups excluding carboxylic acids is 1. The van der Waals surface area contributed by atoms with Gasteiger partial charge in [0.05, 0.1) is 19.5 Å². The Hall–Kier alpha value is -2.34. The lowest BCUT2D eigenvalue weighted by Gasteiger charge is -2.25. The number of benzene rings is 2. The second-order valence-electron chi connectivity index (χ2n) is 6.59. The molecule has 3 rings (SSSR count). The fraction of sp³-hybridized carbons (Fsp3) is 0.381. The van der Waals surface area contributed by atoms with E-state index in [0.29, 0.717) is 30.4 Å². The zero-order valence-corrected chi connectivity index (χ0v) is 17.1. The second kappa shape index (κ2) is 8.57. The third-order valence-electron chi connectivity index (χ3n) is 4.55. The first-order valence-electron chi connectivity index (χ1n) is 9.01. The van der Waals surface area contributed by atoms with Crippen molar-refractivity contribution in [2.24, 2.45) is 0 Å². The number of thioether (sulfide) groups is 1. The van der Waals surface area contributed by atoms with Gasteiger partial charge < -0.3 is 19.3 Å². The van der Waals surface area contributed by atoms with Crippen LogP contribution in [-0.2, 0) is 11.3 Å². The van der Waals surface area contributed by atoms with Crippen molar-refractivity contribution in [3.05, 3.63) is 53.6 Å². The zero-order chi connectivity index (χ0) is 19.4. The highest BCUT2D eigenvalue weighted by Crippen LogP contribution is 2.42. The molecule has 6 heteroatoms. The number of amides is 1. The quantitative estimate of drug-likeness (QED) is 0.721. The summed E-state index contributed by atoms with van der Waals surface area (Å²) in [6.45, 7) is 3.11. The van der Waals surface area contributed by atoms with Gasteiger partial charge in [-0.25, -0.2) is 0 Å². The van der Waals surface area contributed by atoms with E-state index in [1.54, 1.807) is 18.9 Å². The standard InChI is InChI=1S/C21H26N2O3S/c1-5-26-19-12-16(8-11-18(19)25-4)21-23(20(24)14-27-21)13-15-6-9-17(10-7-15)22(2)3/h6-12,21H,5,13-14H2,1-4H3. The summed E-state index contributed by atoms with van der Waals surface area (Å²) in [6.07, 6.45) is 0. The monoisotopic (exact) mass is 386 g/mol. The van der Waals surface area contributed by atoms with E-state index in [1.165, 1.54) is 0 Å². The summed E-state index contributed by atoms with van der Waals surface area (Å²) in [6, 6.07) is 14.2. The van der Waals surface area contributed by atoms with Crippen LogP contribution in [0.4, 0.5) is 5.69 Å². The van der Waals surface area contributed by atoms with Crippen LogP contribution in [0.3, 0.4) is 0 Å². The largest absolute Gasteiger partial charge is 0.493 e. The van der Waals surface area contributed by atoms with Crippen LogP contribution < -0.4 is 14.4 Å². The van der Waals surface area contributed by atoms with Gasteiger partial charge in [-0.15, -0.1) is 11.8 Å².